The molecule has 0 bridgehead atoms. The molecule has 98 valence electrons. The molecule has 0 unspecified atom stereocenters. The largest absolute Gasteiger partial charge is 0.496 e. The van der Waals surface area contributed by atoms with E-state index >= 15 is 0 Å². The van der Waals surface area contributed by atoms with Crippen LogP contribution >= 0.6 is 11.6 Å². The Bertz CT molecular complexity index is 496. The summed E-state index contributed by atoms with van der Waals surface area (Å²) < 4.78 is 5.42. The van der Waals surface area contributed by atoms with Gasteiger partial charge in [0.2, 0.25) is 5.91 Å². The number of amides is 1. The van der Waals surface area contributed by atoms with E-state index in [2.05, 4.69) is 0 Å². The number of aryl methyl sites for hydroxylation is 1. The third kappa shape index (κ3) is 1.95. The van der Waals surface area contributed by atoms with Crippen LogP contribution in [0.2, 0.25) is 5.02 Å². The summed E-state index contributed by atoms with van der Waals surface area (Å²) in [5.41, 5.74) is 1.22. The Hall–Kier alpha value is -1.26. The standard InChI is InChI=1S/C13H17ClN2O2/c1-8-6-9(14)7-10(11(8)18-3)13(4-5-13)12(17)16(2)15/h6-7H,4-5,15H2,1-3H3. The van der Waals surface area contributed by atoms with E-state index in [1.165, 1.54) is 0 Å². The second-order valence-corrected chi connectivity index (χ2v) is 5.24. The zero-order valence-corrected chi connectivity index (χ0v) is 11.5. The first kappa shape index (κ1) is 13.2. The molecule has 1 saturated carbocycles. The molecular formula is C13H17ClN2O2. The summed E-state index contributed by atoms with van der Waals surface area (Å²) in [6.45, 7) is 1.92. The molecule has 2 rings (SSSR count). The molecule has 18 heavy (non-hydrogen) atoms. The Morgan fingerprint density at radius 2 is 2.11 bits per heavy atom. The Balaban J connectivity index is 2.54. The van der Waals surface area contributed by atoms with Crippen LogP contribution in [-0.4, -0.2) is 25.1 Å². The molecule has 1 amide bonds. The molecule has 1 aromatic carbocycles. The minimum atomic E-state index is -0.551. The predicted molar refractivity (Wildman–Crippen MR) is 70.6 cm³/mol. The lowest BCUT2D eigenvalue weighted by Crippen LogP contribution is -2.41. The first-order valence-electron chi connectivity index (χ1n) is 5.80. The van der Waals surface area contributed by atoms with E-state index in [0.29, 0.717) is 5.02 Å². The average molecular weight is 269 g/mol. The topological polar surface area (TPSA) is 55.6 Å². The van der Waals surface area contributed by atoms with E-state index in [4.69, 9.17) is 22.2 Å². The van der Waals surface area contributed by atoms with Crippen LogP contribution in [0.5, 0.6) is 5.75 Å². The minimum Gasteiger partial charge on any atom is -0.496 e. The van der Waals surface area contributed by atoms with Gasteiger partial charge in [0.05, 0.1) is 12.5 Å². The Morgan fingerprint density at radius 1 is 1.50 bits per heavy atom. The lowest BCUT2D eigenvalue weighted by molar-refractivity contribution is -0.132. The van der Waals surface area contributed by atoms with Crippen LogP contribution in [0, 0.1) is 6.92 Å². The second kappa shape index (κ2) is 4.44. The molecule has 4 nitrogen and oxygen atoms in total. The minimum absolute atomic E-state index is 0.0949. The molecule has 5 heteroatoms. The van der Waals surface area contributed by atoms with E-state index in [0.717, 1.165) is 34.7 Å². The summed E-state index contributed by atoms with van der Waals surface area (Å²) in [6.07, 6.45) is 1.56. The monoisotopic (exact) mass is 268 g/mol. The normalized spacial score (nSPS) is 16.3. The number of carbonyl (C=O) groups excluding carboxylic acids is 1. The highest BCUT2D eigenvalue weighted by atomic mass is 35.5. The molecule has 0 spiro atoms. The van der Waals surface area contributed by atoms with Crippen molar-refractivity contribution in [1.82, 2.24) is 5.01 Å². The number of benzene rings is 1. The first-order valence-corrected chi connectivity index (χ1v) is 6.17. The highest BCUT2D eigenvalue weighted by Gasteiger charge is 2.54. The number of hydrogen-bond donors (Lipinski definition) is 1. The van der Waals surface area contributed by atoms with Gasteiger partial charge in [-0.05, 0) is 37.5 Å². The summed E-state index contributed by atoms with van der Waals surface area (Å²) >= 11 is 6.09. The lowest BCUT2D eigenvalue weighted by Gasteiger charge is -2.22. The lowest BCUT2D eigenvalue weighted by atomic mass is 9.92. The highest BCUT2D eigenvalue weighted by molar-refractivity contribution is 6.30. The van der Waals surface area contributed by atoms with Crippen molar-refractivity contribution in [2.24, 2.45) is 5.84 Å². The van der Waals surface area contributed by atoms with Gasteiger partial charge in [-0.15, -0.1) is 0 Å². The summed E-state index contributed by atoms with van der Waals surface area (Å²) in [7, 11) is 3.17. The van der Waals surface area contributed by atoms with Crippen LogP contribution < -0.4 is 10.6 Å². The van der Waals surface area contributed by atoms with Crippen LogP contribution in [0.1, 0.15) is 24.0 Å². The smallest absolute Gasteiger partial charge is 0.246 e. The Kier molecular flexibility index (Phi) is 3.25. The van der Waals surface area contributed by atoms with Crippen molar-refractivity contribution in [3.8, 4) is 5.75 Å². The van der Waals surface area contributed by atoms with Gasteiger partial charge in [-0.3, -0.25) is 9.80 Å². The number of methoxy groups -OCH3 is 1. The van der Waals surface area contributed by atoms with Gasteiger partial charge in [0.1, 0.15) is 5.75 Å². The maximum atomic E-state index is 12.2. The van der Waals surface area contributed by atoms with Crippen molar-refractivity contribution < 1.29 is 9.53 Å². The van der Waals surface area contributed by atoms with E-state index in [-0.39, 0.29) is 5.91 Å². The fourth-order valence-electron chi connectivity index (χ4n) is 2.42. The molecule has 0 atom stereocenters. The zero-order valence-electron chi connectivity index (χ0n) is 10.8. The van der Waals surface area contributed by atoms with Crippen molar-refractivity contribution in [1.29, 1.82) is 0 Å². The molecule has 1 aromatic rings. The molecule has 0 heterocycles. The number of rotatable bonds is 3. The van der Waals surface area contributed by atoms with Gasteiger partial charge in [0, 0.05) is 17.6 Å². The SMILES string of the molecule is COc1c(C)cc(Cl)cc1C1(C(=O)N(C)N)CC1. The van der Waals surface area contributed by atoms with Crippen LogP contribution in [0.15, 0.2) is 12.1 Å². The molecule has 1 fully saturated rings. The fourth-order valence-corrected chi connectivity index (χ4v) is 2.69. The van der Waals surface area contributed by atoms with E-state index < -0.39 is 5.41 Å². The number of likely N-dealkylation sites (N-methyl/N-ethyl adjacent to an activating group) is 1. The second-order valence-electron chi connectivity index (χ2n) is 4.80. The van der Waals surface area contributed by atoms with E-state index in [9.17, 15) is 4.79 Å². The maximum absolute atomic E-state index is 12.2. The van der Waals surface area contributed by atoms with Gasteiger partial charge in [-0.25, -0.2) is 5.84 Å². The third-order valence-electron chi connectivity index (χ3n) is 3.44. The number of nitrogens with two attached hydrogens (primary N) is 1. The fraction of sp³-hybridized carbons (Fsp3) is 0.462. The molecule has 1 aliphatic carbocycles. The number of nitrogens with zero attached hydrogens (tertiary/aromatic N) is 1. The maximum Gasteiger partial charge on any atom is 0.246 e. The third-order valence-corrected chi connectivity index (χ3v) is 3.66. The van der Waals surface area contributed by atoms with Gasteiger partial charge in [-0.2, -0.15) is 0 Å². The molecule has 0 saturated heterocycles. The Labute approximate surface area is 112 Å². The number of halogens is 1. The van der Waals surface area contributed by atoms with Gasteiger partial charge in [-0.1, -0.05) is 11.6 Å². The van der Waals surface area contributed by atoms with Gasteiger partial charge < -0.3 is 4.74 Å². The summed E-state index contributed by atoms with van der Waals surface area (Å²) in [5.74, 6) is 6.21. The highest BCUT2D eigenvalue weighted by Crippen LogP contribution is 2.53. The molecular weight excluding hydrogens is 252 g/mol. The quantitative estimate of drug-likeness (QED) is 0.518. The van der Waals surface area contributed by atoms with E-state index in [1.807, 2.05) is 19.1 Å². The summed E-state index contributed by atoms with van der Waals surface area (Å²) in [6, 6.07) is 3.64. The summed E-state index contributed by atoms with van der Waals surface area (Å²) in [4.78, 5) is 12.2. The van der Waals surface area contributed by atoms with Crippen molar-refractivity contribution >= 4 is 17.5 Å². The van der Waals surface area contributed by atoms with Crippen molar-refractivity contribution in [3.05, 3.63) is 28.3 Å². The van der Waals surface area contributed by atoms with Crippen molar-refractivity contribution in [2.75, 3.05) is 14.2 Å². The molecule has 2 N–H and O–H groups in total. The van der Waals surface area contributed by atoms with Gasteiger partial charge in [0.25, 0.3) is 0 Å². The van der Waals surface area contributed by atoms with Crippen LogP contribution in [0.25, 0.3) is 0 Å². The van der Waals surface area contributed by atoms with E-state index in [1.54, 1.807) is 14.2 Å². The molecule has 0 radical (unpaired) electrons. The average Bonchev–Trinajstić information content (AvgIpc) is 3.08. The summed E-state index contributed by atoms with van der Waals surface area (Å²) in [5, 5.41) is 1.75. The zero-order chi connectivity index (χ0) is 13.5. The Morgan fingerprint density at radius 3 is 2.56 bits per heavy atom. The van der Waals surface area contributed by atoms with Gasteiger partial charge >= 0.3 is 0 Å². The number of carbonyl (C=O) groups is 1. The first-order chi connectivity index (χ1) is 8.42. The van der Waals surface area contributed by atoms with Crippen LogP contribution in [-0.2, 0) is 10.2 Å². The number of hydrogen-bond acceptors (Lipinski definition) is 3. The number of hydrazine groups is 1. The van der Waals surface area contributed by atoms with Crippen LogP contribution in [0.4, 0.5) is 0 Å². The number of ether oxygens (including phenoxy) is 1. The van der Waals surface area contributed by atoms with Crippen molar-refractivity contribution in [2.45, 2.75) is 25.2 Å². The van der Waals surface area contributed by atoms with Gasteiger partial charge in [0.15, 0.2) is 0 Å². The van der Waals surface area contributed by atoms with Crippen LogP contribution in [0.3, 0.4) is 0 Å². The molecule has 1 aliphatic rings. The molecule has 0 aliphatic heterocycles. The molecule has 0 aromatic heterocycles. The van der Waals surface area contributed by atoms with Crippen molar-refractivity contribution in [3.63, 3.8) is 0 Å². The predicted octanol–water partition coefficient (Wildman–Crippen LogP) is 2.02.